The molecule has 1 aliphatic heterocycles. The molecule has 1 fully saturated rings. The summed E-state index contributed by atoms with van der Waals surface area (Å²) in [5.74, 6) is 0.196. The average Bonchev–Trinajstić information content (AvgIpc) is 3.09. The standard InChI is InChI=1S/C16H16N6O/c23-16(14-5-6-17-10-18-14)22-7-1-2-12(9-22)13-4-3-11-8-19-21-15(11)20-13/h3-6,8,10,12H,1-2,7,9H2,(H,19,20,21)/t12-/m0/s1. The minimum absolute atomic E-state index is 0.0419. The maximum atomic E-state index is 12.5. The van der Waals surface area contributed by atoms with Gasteiger partial charge in [-0.05, 0) is 31.0 Å². The number of H-pyrrole nitrogens is 1. The Morgan fingerprint density at radius 1 is 1.30 bits per heavy atom. The third-order valence-corrected chi connectivity index (χ3v) is 4.25. The zero-order valence-electron chi connectivity index (χ0n) is 12.5. The molecule has 1 atom stereocenters. The van der Waals surface area contributed by atoms with Crippen molar-refractivity contribution in [2.75, 3.05) is 13.1 Å². The predicted molar refractivity (Wildman–Crippen MR) is 83.8 cm³/mol. The molecule has 0 aliphatic carbocycles. The number of pyridine rings is 1. The number of carbonyl (C=O) groups excluding carboxylic acids is 1. The van der Waals surface area contributed by atoms with E-state index in [0.29, 0.717) is 12.2 Å². The van der Waals surface area contributed by atoms with Gasteiger partial charge >= 0.3 is 0 Å². The molecule has 116 valence electrons. The van der Waals surface area contributed by atoms with Gasteiger partial charge in [-0.1, -0.05) is 0 Å². The number of nitrogens with zero attached hydrogens (tertiary/aromatic N) is 5. The molecule has 4 heterocycles. The second kappa shape index (κ2) is 5.75. The molecule has 1 aliphatic rings. The van der Waals surface area contributed by atoms with E-state index >= 15 is 0 Å². The number of fused-ring (bicyclic) bond motifs is 1. The Hall–Kier alpha value is -2.83. The number of carbonyl (C=O) groups is 1. The summed E-state index contributed by atoms with van der Waals surface area (Å²) in [5, 5.41) is 7.90. The van der Waals surface area contributed by atoms with E-state index in [0.717, 1.165) is 36.1 Å². The van der Waals surface area contributed by atoms with Crippen LogP contribution in [0, 0.1) is 0 Å². The summed E-state index contributed by atoms with van der Waals surface area (Å²) >= 11 is 0. The molecule has 4 rings (SSSR count). The van der Waals surface area contributed by atoms with E-state index in [1.165, 1.54) is 6.33 Å². The highest BCUT2D eigenvalue weighted by atomic mass is 16.2. The van der Waals surface area contributed by atoms with Crippen LogP contribution in [0.3, 0.4) is 0 Å². The lowest BCUT2D eigenvalue weighted by atomic mass is 9.94. The monoisotopic (exact) mass is 308 g/mol. The molecule has 1 amide bonds. The highest BCUT2D eigenvalue weighted by Gasteiger charge is 2.27. The van der Waals surface area contributed by atoms with Gasteiger partial charge in [-0.25, -0.2) is 15.0 Å². The van der Waals surface area contributed by atoms with Crippen LogP contribution < -0.4 is 0 Å². The summed E-state index contributed by atoms with van der Waals surface area (Å²) in [6.07, 6.45) is 6.75. The molecular weight excluding hydrogens is 292 g/mol. The van der Waals surface area contributed by atoms with Gasteiger partial charge in [0.05, 0.1) is 6.20 Å². The minimum Gasteiger partial charge on any atom is -0.337 e. The van der Waals surface area contributed by atoms with E-state index in [4.69, 9.17) is 0 Å². The Labute approximate surface area is 132 Å². The molecule has 1 N–H and O–H groups in total. The Balaban J connectivity index is 1.55. The molecule has 0 unspecified atom stereocenters. The maximum absolute atomic E-state index is 12.5. The zero-order chi connectivity index (χ0) is 15.6. The fraction of sp³-hybridized carbons (Fsp3) is 0.312. The van der Waals surface area contributed by atoms with Gasteiger partial charge in [0, 0.05) is 36.3 Å². The largest absolute Gasteiger partial charge is 0.337 e. The van der Waals surface area contributed by atoms with Gasteiger partial charge in [0.25, 0.3) is 5.91 Å². The van der Waals surface area contributed by atoms with Crippen molar-refractivity contribution in [2.24, 2.45) is 0 Å². The molecule has 0 spiro atoms. The smallest absolute Gasteiger partial charge is 0.272 e. The topological polar surface area (TPSA) is 87.7 Å². The van der Waals surface area contributed by atoms with Crippen molar-refractivity contribution in [3.05, 3.63) is 48.3 Å². The highest BCUT2D eigenvalue weighted by molar-refractivity contribution is 5.92. The summed E-state index contributed by atoms with van der Waals surface area (Å²) in [6.45, 7) is 1.42. The number of aromatic nitrogens is 5. The van der Waals surface area contributed by atoms with Crippen LogP contribution in [0.25, 0.3) is 11.0 Å². The van der Waals surface area contributed by atoms with Crippen LogP contribution in [-0.4, -0.2) is 49.0 Å². The lowest BCUT2D eigenvalue weighted by Gasteiger charge is -2.32. The first kappa shape index (κ1) is 13.8. The number of likely N-dealkylation sites (tertiary alicyclic amines) is 1. The Morgan fingerprint density at radius 3 is 3.13 bits per heavy atom. The Bertz CT molecular complexity index is 831. The van der Waals surface area contributed by atoms with Crippen LogP contribution >= 0.6 is 0 Å². The Kier molecular flexibility index (Phi) is 3.45. The van der Waals surface area contributed by atoms with E-state index in [2.05, 4.69) is 25.1 Å². The number of rotatable bonds is 2. The average molecular weight is 308 g/mol. The molecule has 0 radical (unpaired) electrons. The molecule has 0 aromatic carbocycles. The summed E-state index contributed by atoms with van der Waals surface area (Å²) in [6, 6.07) is 5.70. The second-order valence-electron chi connectivity index (χ2n) is 5.73. The van der Waals surface area contributed by atoms with Gasteiger partial charge < -0.3 is 4.90 Å². The predicted octanol–water partition coefficient (Wildman–Crippen LogP) is 1.77. The van der Waals surface area contributed by atoms with Crippen molar-refractivity contribution in [1.82, 2.24) is 30.0 Å². The lowest BCUT2D eigenvalue weighted by Crippen LogP contribution is -2.39. The van der Waals surface area contributed by atoms with E-state index in [-0.39, 0.29) is 11.8 Å². The van der Waals surface area contributed by atoms with E-state index in [1.807, 2.05) is 17.0 Å². The first-order valence-corrected chi connectivity index (χ1v) is 7.66. The normalized spacial score (nSPS) is 18.3. The fourth-order valence-electron chi connectivity index (χ4n) is 3.05. The number of nitrogens with one attached hydrogen (secondary N) is 1. The molecule has 3 aromatic heterocycles. The molecule has 0 bridgehead atoms. The molecule has 3 aromatic rings. The summed E-state index contributed by atoms with van der Waals surface area (Å²) in [5.41, 5.74) is 2.24. The van der Waals surface area contributed by atoms with Gasteiger partial charge in [-0.2, -0.15) is 5.10 Å². The molecular formula is C16H16N6O. The second-order valence-corrected chi connectivity index (χ2v) is 5.73. The van der Waals surface area contributed by atoms with Gasteiger partial charge in [0.1, 0.15) is 12.0 Å². The van der Waals surface area contributed by atoms with Crippen molar-refractivity contribution in [1.29, 1.82) is 0 Å². The van der Waals surface area contributed by atoms with Gasteiger partial charge in [0.15, 0.2) is 5.65 Å². The molecule has 1 saturated heterocycles. The van der Waals surface area contributed by atoms with E-state index in [1.54, 1.807) is 18.5 Å². The third-order valence-electron chi connectivity index (χ3n) is 4.25. The molecule has 23 heavy (non-hydrogen) atoms. The van der Waals surface area contributed by atoms with Gasteiger partial charge in [-0.3, -0.25) is 9.89 Å². The zero-order valence-corrected chi connectivity index (χ0v) is 12.5. The minimum atomic E-state index is -0.0419. The van der Waals surface area contributed by atoms with Crippen molar-refractivity contribution in [2.45, 2.75) is 18.8 Å². The van der Waals surface area contributed by atoms with Crippen molar-refractivity contribution in [3.63, 3.8) is 0 Å². The van der Waals surface area contributed by atoms with Crippen LogP contribution in [0.1, 0.15) is 34.9 Å². The summed E-state index contributed by atoms with van der Waals surface area (Å²) < 4.78 is 0. The Morgan fingerprint density at radius 2 is 2.26 bits per heavy atom. The van der Waals surface area contributed by atoms with Gasteiger partial charge in [0.2, 0.25) is 0 Å². The number of amides is 1. The van der Waals surface area contributed by atoms with Gasteiger partial charge in [-0.15, -0.1) is 0 Å². The maximum Gasteiger partial charge on any atom is 0.272 e. The molecule has 7 heteroatoms. The van der Waals surface area contributed by atoms with Crippen LogP contribution in [0.4, 0.5) is 0 Å². The number of hydrogen-bond donors (Lipinski definition) is 1. The first-order chi connectivity index (χ1) is 11.3. The fourth-order valence-corrected chi connectivity index (χ4v) is 3.05. The van der Waals surface area contributed by atoms with Crippen LogP contribution in [-0.2, 0) is 0 Å². The highest BCUT2D eigenvalue weighted by Crippen LogP contribution is 2.27. The van der Waals surface area contributed by atoms with Crippen molar-refractivity contribution >= 4 is 16.9 Å². The number of hydrogen-bond acceptors (Lipinski definition) is 5. The van der Waals surface area contributed by atoms with E-state index in [9.17, 15) is 4.79 Å². The quantitative estimate of drug-likeness (QED) is 0.779. The number of aromatic amines is 1. The van der Waals surface area contributed by atoms with Crippen molar-refractivity contribution in [3.8, 4) is 0 Å². The number of piperidine rings is 1. The van der Waals surface area contributed by atoms with Crippen molar-refractivity contribution < 1.29 is 4.79 Å². The van der Waals surface area contributed by atoms with E-state index < -0.39 is 0 Å². The van der Waals surface area contributed by atoms with Crippen LogP contribution in [0.2, 0.25) is 0 Å². The third kappa shape index (κ3) is 2.65. The molecule has 7 nitrogen and oxygen atoms in total. The SMILES string of the molecule is O=C(c1ccncn1)N1CCC[C@H](c2ccc3cn[nH]c3n2)C1. The lowest BCUT2D eigenvalue weighted by molar-refractivity contribution is 0.0700. The summed E-state index contributed by atoms with van der Waals surface area (Å²) in [4.78, 5) is 27.0. The summed E-state index contributed by atoms with van der Waals surface area (Å²) in [7, 11) is 0. The molecule has 0 saturated carbocycles. The first-order valence-electron chi connectivity index (χ1n) is 7.66. The van der Waals surface area contributed by atoms with Crippen LogP contribution in [0.5, 0.6) is 0 Å². The van der Waals surface area contributed by atoms with Crippen LogP contribution in [0.15, 0.2) is 36.9 Å².